The maximum absolute atomic E-state index is 5.95. The van der Waals surface area contributed by atoms with Gasteiger partial charge in [-0.3, -0.25) is 4.90 Å². The van der Waals surface area contributed by atoms with Crippen LogP contribution in [0.2, 0.25) is 0 Å². The normalized spacial score (nSPS) is 16.2. The lowest BCUT2D eigenvalue weighted by molar-refractivity contribution is 0.0342. The van der Waals surface area contributed by atoms with Gasteiger partial charge in [0.15, 0.2) is 5.17 Å². The van der Waals surface area contributed by atoms with Crippen molar-refractivity contribution in [2.75, 3.05) is 26.3 Å². The topological polar surface area (TPSA) is 63.2 Å². The van der Waals surface area contributed by atoms with Crippen LogP contribution in [0.1, 0.15) is 16.7 Å². The summed E-state index contributed by atoms with van der Waals surface area (Å²) in [5.74, 6) is 0.791. The highest BCUT2D eigenvalue weighted by molar-refractivity contribution is 8.13. The Hall–Kier alpha value is -2.15. The van der Waals surface area contributed by atoms with Crippen molar-refractivity contribution < 1.29 is 4.74 Å². The van der Waals surface area contributed by atoms with Crippen molar-refractivity contribution >= 4 is 23.1 Å². The van der Waals surface area contributed by atoms with E-state index in [4.69, 9.17) is 10.5 Å². The predicted molar refractivity (Wildman–Crippen MR) is 109 cm³/mol. The van der Waals surface area contributed by atoms with Gasteiger partial charge < -0.3 is 10.5 Å². The highest BCUT2D eigenvalue weighted by Crippen LogP contribution is 2.13. The van der Waals surface area contributed by atoms with Crippen molar-refractivity contribution in [3.63, 3.8) is 0 Å². The molecule has 1 fully saturated rings. The molecule has 5 nitrogen and oxygen atoms in total. The third-order valence-electron chi connectivity index (χ3n) is 4.14. The van der Waals surface area contributed by atoms with Crippen LogP contribution in [0.4, 0.5) is 0 Å². The summed E-state index contributed by atoms with van der Waals surface area (Å²) in [5.41, 5.74) is 9.48. The van der Waals surface area contributed by atoms with Gasteiger partial charge in [0.05, 0.1) is 19.4 Å². The molecule has 1 heterocycles. The molecule has 3 rings (SSSR count). The summed E-state index contributed by atoms with van der Waals surface area (Å²) in [6, 6.07) is 18.5. The van der Waals surface area contributed by atoms with Crippen LogP contribution in [-0.2, 0) is 17.0 Å². The predicted octanol–water partition coefficient (Wildman–Crippen LogP) is 3.10. The molecule has 2 N–H and O–H groups in total. The van der Waals surface area contributed by atoms with Crippen molar-refractivity contribution in [3.05, 3.63) is 71.3 Å². The number of hydrogen-bond acceptors (Lipinski definition) is 5. The Bertz CT molecular complexity index is 742. The number of nitrogens with two attached hydrogens (primary N) is 1. The van der Waals surface area contributed by atoms with Crippen LogP contribution in [0.25, 0.3) is 0 Å². The second-order valence-corrected chi connectivity index (χ2v) is 7.04. The Balaban J connectivity index is 1.57. The minimum Gasteiger partial charge on any atom is -0.379 e. The third kappa shape index (κ3) is 5.98. The van der Waals surface area contributed by atoms with Crippen molar-refractivity contribution in [2.45, 2.75) is 12.3 Å². The van der Waals surface area contributed by atoms with Crippen LogP contribution >= 0.6 is 11.8 Å². The van der Waals surface area contributed by atoms with Crippen LogP contribution in [0, 0.1) is 0 Å². The summed E-state index contributed by atoms with van der Waals surface area (Å²) < 4.78 is 5.41. The third-order valence-corrected chi connectivity index (χ3v) is 4.99. The zero-order valence-electron chi connectivity index (χ0n) is 14.8. The minimum absolute atomic E-state index is 0.468. The van der Waals surface area contributed by atoms with Gasteiger partial charge in [-0.15, -0.1) is 5.10 Å². The van der Waals surface area contributed by atoms with Gasteiger partial charge >= 0.3 is 0 Å². The minimum atomic E-state index is 0.468. The first-order valence-electron chi connectivity index (χ1n) is 8.72. The average molecular weight is 369 g/mol. The van der Waals surface area contributed by atoms with E-state index < -0.39 is 0 Å². The molecule has 1 aliphatic rings. The second kappa shape index (κ2) is 10.1. The molecule has 1 saturated heterocycles. The van der Waals surface area contributed by atoms with E-state index in [-0.39, 0.29) is 0 Å². The number of amidine groups is 1. The number of thioether (sulfide) groups is 1. The van der Waals surface area contributed by atoms with Crippen molar-refractivity contribution in [3.8, 4) is 0 Å². The summed E-state index contributed by atoms with van der Waals surface area (Å²) >= 11 is 1.49. The average Bonchev–Trinajstić information content (AvgIpc) is 2.69. The van der Waals surface area contributed by atoms with E-state index in [0.717, 1.165) is 44.2 Å². The number of benzene rings is 2. The van der Waals surface area contributed by atoms with Gasteiger partial charge in [-0.1, -0.05) is 66.4 Å². The molecule has 0 radical (unpaired) electrons. The zero-order chi connectivity index (χ0) is 18.0. The fourth-order valence-electron chi connectivity index (χ4n) is 2.71. The standard InChI is InChI=1S/C20H24N4OS/c21-20(26-16-17-6-2-1-3-7-17)23-22-14-18-8-4-5-9-19(18)15-24-10-12-25-13-11-24/h1-9,14H,10-13,15-16H2,(H2,21,23). The molecule has 6 heteroatoms. The van der Waals surface area contributed by atoms with Gasteiger partial charge in [0.25, 0.3) is 0 Å². The van der Waals surface area contributed by atoms with Crippen LogP contribution in [0.5, 0.6) is 0 Å². The molecule has 136 valence electrons. The molecule has 0 saturated carbocycles. The molecule has 0 amide bonds. The summed E-state index contributed by atoms with van der Waals surface area (Å²) in [6.45, 7) is 4.43. The first-order valence-corrected chi connectivity index (χ1v) is 9.71. The van der Waals surface area contributed by atoms with E-state index in [1.807, 2.05) is 24.3 Å². The fourth-order valence-corrected chi connectivity index (χ4v) is 3.32. The van der Waals surface area contributed by atoms with E-state index in [1.54, 1.807) is 6.21 Å². The highest BCUT2D eigenvalue weighted by Gasteiger charge is 2.11. The van der Waals surface area contributed by atoms with Gasteiger partial charge in [-0.05, 0) is 16.7 Å². The number of ether oxygens (including phenoxy) is 1. The second-order valence-electron chi connectivity index (χ2n) is 6.04. The Labute approximate surface area is 158 Å². The fraction of sp³-hybridized carbons (Fsp3) is 0.300. The number of nitrogens with zero attached hydrogens (tertiary/aromatic N) is 3. The van der Waals surface area contributed by atoms with E-state index in [2.05, 4.69) is 45.4 Å². The van der Waals surface area contributed by atoms with E-state index in [0.29, 0.717) is 5.17 Å². The molecule has 0 aliphatic carbocycles. The zero-order valence-corrected chi connectivity index (χ0v) is 15.6. The Morgan fingerprint density at radius 1 is 1.08 bits per heavy atom. The molecule has 0 aromatic heterocycles. The van der Waals surface area contributed by atoms with Gasteiger partial charge in [0.1, 0.15) is 0 Å². The van der Waals surface area contributed by atoms with Crippen molar-refractivity contribution in [2.24, 2.45) is 15.9 Å². The summed E-state index contributed by atoms with van der Waals surface area (Å²) in [5, 5.41) is 8.77. The van der Waals surface area contributed by atoms with Gasteiger partial charge in [0, 0.05) is 25.4 Å². The molecule has 2 aromatic rings. The van der Waals surface area contributed by atoms with Gasteiger partial charge in [-0.25, -0.2) is 0 Å². The number of hydrogen-bond donors (Lipinski definition) is 1. The lowest BCUT2D eigenvalue weighted by Crippen LogP contribution is -2.35. The molecule has 1 aliphatic heterocycles. The van der Waals surface area contributed by atoms with E-state index in [9.17, 15) is 0 Å². The Morgan fingerprint density at radius 3 is 2.62 bits per heavy atom. The van der Waals surface area contributed by atoms with Crippen LogP contribution < -0.4 is 5.73 Å². The number of rotatable bonds is 6. The first-order chi connectivity index (χ1) is 12.8. The number of morpholine rings is 1. The van der Waals surface area contributed by atoms with Crippen LogP contribution in [-0.4, -0.2) is 42.6 Å². The van der Waals surface area contributed by atoms with Crippen molar-refractivity contribution in [1.82, 2.24) is 4.90 Å². The first kappa shape index (κ1) is 18.6. The molecule has 0 unspecified atom stereocenters. The maximum atomic E-state index is 5.95. The quantitative estimate of drug-likeness (QED) is 0.483. The van der Waals surface area contributed by atoms with Crippen LogP contribution in [0.3, 0.4) is 0 Å². The van der Waals surface area contributed by atoms with Gasteiger partial charge in [0.2, 0.25) is 0 Å². The molecule has 0 spiro atoms. The molecule has 26 heavy (non-hydrogen) atoms. The summed E-state index contributed by atoms with van der Waals surface area (Å²) in [7, 11) is 0. The lowest BCUT2D eigenvalue weighted by Gasteiger charge is -2.27. The van der Waals surface area contributed by atoms with E-state index in [1.165, 1.54) is 22.9 Å². The van der Waals surface area contributed by atoms with Gasteiger partial charge in [-0.2, -0.15) is 5.10 Å². The molecule has 2 aromatic carbocycles. The Morgan fingerprint density at radius 2 is 1.81 bits per heavy atom. The highest BCUT2D eigenvalue weighted by atomic mass is 32.2. The summed E-state index contributed by atoms with van der Waals surface area (Å²) in [6.07, 6.45) is 1.78. The molecule has 0 bridgehead atoms. The lowest BCUT2D eigenvalue weighted by atomic mass is 10.1. The van der Waals surface area contributed by atoms with Crippen molar-refractivity contribution in [1.29, 1.82) is 0 Å². The van der Waals surface area contributed by atoms with Crippen LogP contribution in [0.15, 0.2) is 64.8 Å². The Kier molecular flexibility index (Phi) is 7.25. The SMILES string of the molecule is NC(=NN=Cc1ccccc1CN1CCOCC1)SCc1ccccc1. The van der Waals surface area contributed by atoms with E-state index >= 15 is 0 Å². The monoisotopic (exact) mass is 368 g/mol. The summed E-state index contributed by atoms with van der Waals surface area (Å²) in [4.78, 5) is 2.39. The molecular formula is C20H24N4OS. The maximum Gasteiger partial charge on any atom is 0.180 e. The molecule has 0 atom stereocenters. The molecular weight excluding hydrogens is 344 g/mol. The smallest absolute Gasteiger partial charge is 0.180 e. The largest absolute Gasteiger partial charge is 0.379 e.